The molecule has 18 heavy (non-hydrogen) atoms. The zero-order chi connectivity index (χ0) is 13.0. The van der Waals surface area contributed by atoms with Crippen LogP contribution in [0.15, 0.2) is 0 Å². The molecule has 1 amide bonds. The standard InChI is InChI=1S/C15H28N2O/c1-2-15(8-3-4-9-15)11-17-14(18)13-7-5-6-12(13)10-16/h12-13H,2-11,16H2,1H3,(H,17,18)/t12-,13-/m1/s1. The topological polar surface area (TPSA) is 55.1 Å². The Labute approximate surface area is 111 Å². The van der Waals surface area contributed by atoms with E-state index < -0.39 is 0 Å². The number of hydrogen-bond donors (Lipinski definition) is 2. The van der Waals surface area contributed by atoms with E-state index in [1.165, 1.54) is 38.5 Å². The van der Waals surface area contributed by atoms with Gasteiger partial charge in [0.25, 0.3) is 0 Å². The summed E-state index contributed by atoms with van der Waals surface area (Å²) in [5.74, 6) is 0.874. The van der Waals surface area contributed by atoms with E-state index in [1.807, 2.05) is 0 Å². The number of hydrogen-bond acceptors (Lipinski definition) is 2. The van der Waals surface area contributed by atoms with Crippen molar-refractivity contribution in [3.63, 3.8) is 0 Å². The van der Waals surface area contributed by atoms with E-state index in [0.29, 0.717) is 17.9 Å². The van der Waals surface area contributed by atoms with Crippen molar-refractivity contribution in [2.45, 2.75) is 58.3 Å². The van der Waals surface area contributed by atoms with Gasteiger partial charge in [0.05, 0.1) is 0 Å². The van der Waals surface area contributed by atoms with Gasteiger partial charge in [-0.25, -0.2) is 0 Å². The lowest BCUT2D eigenvalue weighted by Crippen LogP contribution is -2.40. The van der Waals surface area contributed by atoms with Crippen molar-refractivity contribution in [2.24, 2.45) is 23.0 Å². The summed E-state index contributed by atoms with van der Waals surface area (Å²) < 4.78 is 0. The lowest BCUT2D eigenvalue weighted by molar-refractivity contribution is -0.126. The van der Waals surface area contributed by atoms with Crippen LogP contribution in [0.5, 0.6) is 0 Å². The van der Waals surface area contributed by atoms with Gasteiger partial charge in [0.1, 0.15) is 0 Å². The first kappa shape index (κ1) is 13.9. The van der Waals surface area contributed by atoms with Crippen LogP contribution in [0.3, 0.4) is 0 Å². The molecule has 2 saturated carbocycles. The van der Waals surface area contributed by atoms with Gasteiger partial charge in [-0.15, -0.1) is 0 Å². The first-order valence-electron chi connectivity index (χ1n) is 7.68. The summed E-state index contributed by atoms with van der Waals surface area (Å²) in [6, 6.07) is 0. The quantitative estimate of drug-likeness (QED) is 0.789. The molecule has 0 aromatic rings. The Bertz CT molecular complexity index is 284. The SMILES string of the molecule is CCC1(CNC(=O)[C@@H]2CCC[C@@H]2CN)CCCC1. The lowest BCUT2D eigenvalue weighted by atomic mass is 9.83. The van der Waals surface area contributed by atoms with Gasteiger partial charge in [0.15, 0.2) is 0 Å². The largest absolute Gasteiger partial charge is 0.355 e. The number of carbonyl (C=O) groups is 1. The predicted octanol–water partition coefficient (Wildman–Crippen LogP) is 2.45. The minimum atomic E-state index is 0.185. The third-order valence-electron chi connectivity index (χ3n) is 5.35. The van der Waals surface area contributed by atoms with E-state index in [1.54, 1.807) is 0 Å². The molecule has 0 bridgehead atoms. The molecular formula is C15H28N2O. The zero-order valence-electron chi connectivity index (χ0n) is 11.7. The van der Waals surface area contributed by atoms with Crippen molar-refractivity contribution in [1.29, 1.82) is 0 Å². The van der Waals surface area contributed by atoms with Gasteiger partial charge in [-0.05, 0) is 50.0 Å². The van der Waals surface area contributed by atoms with Crippen LogP contribution in [0.1, 0.15) is 58.3 Å². The number of rotatable bonds is 5. The molecule has 0 aromatic carbocycles. The average Bonchev–Trinajstić information content (AvgIpc) is 3.05. The molecule has 0 aromatic heterocycles. The second kappa shape index (κ2) is 6.05. The van der Waals surface area contributed by atoms with Gasteiger partial charge in [-0.2, -0.15) is 0 Å². The average molecular weight is 252 g/mol. The maximum atomic E-state index is 12.3. The minimum absolute atomic E-state index is 0.185. The van der Waals surface area contributed by atoms with Gasteiger partial charge in [-0.1, -0.05) is 26.2 Å². The van der Waals surface area contributed by atoms with Crippen molar-refractivity contribution in [2.75, 3.05) is 13.1 Å². The fourth-order valence-corrected chi connectivity index (χ4v) is 3.85. The first-order valence-corrected chi connectivity index (χ1v) is 7.68. The fourth-order valence-electron chi connectivity index (χ4n) is 3.85. The Morgan fingerprint density at radius 2 is 2.00 bits per heavy atom. The number of carbonyl (C=O) groups excluding carboxylic acids is 1. The normalized spacial score (nSPS) is 30.6. The Kier molecular flexibility index (Phi) is 4.66. The van der Waals surface area contributed by atoms with Crippen LogP contribution in [-0.2, 0) is 4.79 Å². The summed E-state index contributed by atoms with van der Waals surface area (Å²) in [5, 5.41) is 3.23. The smallest absolute Gasteiger partial charge is 0.223 e. The molecular weight excluding hydrogens is 224 g/mol. The summed E-state index contributed by atoms with van der Waals surface area (Å²) in [7, 11) is 0. The molecule has 0 radical (unpaired) electrons. The minimum Gasteiger partial charge on any atom is -0.355 e. The van der Waals surface area contributed by atoms with Crippen LogP contribution in [-0.4, -0.2) is 19.0 Å². The summed E-state index contributed by atoms with van der Waals surface area (Å²) in [6.07, 6.45) is 9.76. The van der Waals surface area contributed by atoms with E-state index in [2.05, 4.69) is 12.2 Å². The maximum Gasteiger partial charge on any atom is 0.223 e. The molecule has 0 unspecified atom stereocenters. The van der Waals surface area contributed by atoms with Crippen LogP contribution in [0.4, 0.5) is 0 Å². The van der Waals surface area contributed by atoms with Crippen molar-refractivity contribution in [3.05, 3.63) is 0 Å². The van der Waals surface area contributed by atoms with Gasteiger partial charge in [-0.3, -0.25) is 4.79 Å². The molecule has 3 N–H and O–H groups in total. The molecule has 0 heterocycles. The second-order valence-electron chi connectivity index (χ2n) is 6.31. The summed E-state index contributed by atoms with van der Waals surface area (Å²) in [5.41, 5.74) is 6.15. The van der Waals surface area contributed by atoms with Gasteiger partial charge in [0.2, 0.25) is 5.91 Å². The number of nitrogens with one attached hydrogen (secondary N) is 1. The third-order valence-corrected chi connectivity index (χ3v) is 5.35. The Balaban J connectivity index is 1.84. The molecule has 2 aliphatic rings. The van der Waals surface area contributed by atoms with Crippen molar-refractivity contribution < 1.29 is 4.79 Å². The van der Waals surface area contributed by atoms with Crippen molar-refractivity contribution in [1.82, 2.24) is 5.32 Å². The zero-order valence-corrected chi connectivity index (χ0v) is 11.7. The van der Waals surface area contributed by atoms with E-state index in [-0.39, 0.29) is 11.8 Å². The highest BCUT2D eigenvalue weighted by molar-refractivity contribution is 5.79. The van der Waals surface area contributed by atoms with Gasteiger partial charge >= 0.3 is 0 Å². The molecule has 2 aliphatic carbocycles. The lowest BCUT2D eigenvalue weighted by Gasteiger charge is -2.29. The summed E-state index contributed by atoms with van der Waals surface area (Å²) in [4.78, 5) is 12.3. The van der Waals surface area contributed by atoms with Gasteiger partial charge < -0.3 is 11.1 Å². The van der Waals surface area contributed by atoms with Crippen LogP contribution in [0.25, 0.3) is 0 Å². The molecule has 0 spiro atoms. The second-order valence-corrected chi connectivity index (χ2v) is 6.31. The highest BCUT2D eigenvalue weighted by Crippen LogP contribution is 2.40. The highest BCUT2D eigenvalue weighted by Gasteiger charge is 2.35. The van der Waals surface area contributed by atoms with Crippen LogP contribution < -0.4 is 11.1 Å². The third kappa shape index (κ3) is 2.87. The van der Waals surface area contributed by atoms with Crippen LogP contribution in [0.2, 0.25) is 0 Å². The summed E-state index contributed by atoms with van der Waals surface area (Å²) in [6.45, 7) is 3.81. The molecule has 3 heteroatoms. The monoisotopic (exact) mass is 252 g/mol. The molecule has 0 saturated heterocycles. The Hall–Kier alpha value is -0.570. The summed E-state index contributed by atoms with van der Waals surface area (Å²) >= 11 is 0. The van der Waals surface area contributed by atoms with Crippen molar-refractivity contribution >= 4 is 5.91 Å². The molecule has 2 rings (SSSR count). The van der Waals surface area contributed by atoms with Crippen LogP contribution >= 0.6 is 0 Å². The predicted molar refractivity (Wildman–Crippen MR) is 74.1 cm³/mol. The Morgan fingerprint density at radius 3 is 2.61 bits per heavy atom. The van der Waals surface area contributed by atoms with Crippen LogP contribution in [0, 0.1) is 17.3 Å². The number of amides is 1. The first-order chi connectivity index (χ1) is 8.71. The van der Waals surface area contributed by atoms with E-state index >= 15 is 0 Å². The number of nitrogens with two attached hydrogens (primary N) is 1. The maximum absolute atomic E-state index is 12.3. The Morgan fingerprint density at radius 1 is 1.28 bits per heavy atom. The van der Waals surface area contributed by atoms with E-state index in [9.17, 15) is 4.79 Å². The molecule has 2 fully saturated rings. The van der Waals surface area contributed by atoms with E-state index in [0.717, 1.165) is 19.4 Å². The van der Waals surface area contributed by atoms with Crippen molar-refractivity contribution in [3.8, 4) is 0 Å². The highest BCUT2D eigenvalue weighted by atomic mass is 16.1. The molecule has 0 aliphatic heterocycles. The van der Waals surface area contributed by atoms with E-state index in [4.69, 9.17) is 5.73 Å². The fraction of sp³-hybridized carbons (Fsp3) is 0.933. The molecule has 2 atom stereocenters. The van der Waals surface area contributed by atoms with Gasteiger partial charge in [0, 0.05) is 12.5 Å². The molecule has 3 nitrogen and oxygen atoms in total. The molecule has 104 valence electrons.